The Kier molecular flexibility index (Phi) is 5.51. The summed E-state index contributed by atoms with van der Waals surface area (Å²) < 4.78 is 13.2. The van der Waals surface area contributed by atoms with Crippen molar-refractivity contribution in [1.29, 1.82) is 0 Å². The van der Waals surface area contributed by atoms with E-state index in [1.54, 1.807) is 12.1 Å². The summed E-state index contributed by atoms with van der Waals surface area (Å²) in [6.45, 7) is 7.29. The first kappa shape index (κ1) is 15.7. The van der Waals surface area contributed by atoms with E-state index in [2.05, 4.69) is 43.4 Å². The molecule has 0 fully saturated rings. The van der Waals surface area contributed by atoms with Crippen LogP contribution in [0.25, 0.3) is 0 Å². The van der Waals surface area contributed by atoms with Gasteiger partial charge in [0.1, 0.15) is 5.82 Å². The van der Waals surface area contributed by atoms with Gasteiger partial charge in [-0.1, -0.05) is 50.2 Å². The fraction of sp³-hybridized carbons (Fsp3) is 0.368. The molecule has 2 aromatic carbocycles. The van der Waals surface area contributed by atoms with Crippen molar-refractivity contribution in [3.05, 3.63) is 71.0 Å². The van der Waals surface area contributed by atoms with Crippen molar-refractivity contribution < 1.29 is 4.39 Å². The Hall–Kier alpha value is -1.67. The van der Waals surface area contributed by atoms with E-state index >= 15 is 0 Å². The lowest BCUT2D eigenvalue weighted by Gasteiger charge is -2.26. The van der Waals surface area contributed by atoms with Gasteiger partial charge in [-0.2, -0.15) is 0 Å². The van der Waals surface area contributed by atoms with Crippen molar-refractivity contribution in [2.75, 3.05) is 6.54 Å². The molecule has 2 unspecified atom stereocenters. The normalized spacial score (nSPS) is 13.9. The van der Waals surface area contributed by atoms with Crippen LogP contribution in [0.5, 0.6) is 0 Å². The first-order valence-corrected chi connectivity index (χ1v) is 7.65. The van der Waals surface area contributed by atoms with Gasteiger partial charge in [-0.15, -0.1) is 0 Å². The molecule has 1 nitrogen and oxygen atoms in total. The summed E-state index contributed by atoms with van der Waals surface area (Å²) in [7, 11) is 0. The SMILES string of the molecule is CCNC(Cc1ccc(F)cc1C)C(C)c1ccccc1. The maximum absolute atomic E-state index is 13.2. The zero-order valence-electron chi connectivity index (χ0n) is 13.1. The quantitative estimate of drug-likeness (QED) is 0.826. The van der Waals surface area contributed by atoms with Crippen molar-refractivity contribution in [3.8, 4) is 0 Å². The van der Waals surface area contributed by atoms with Crippen molar-refractivity contribution >= 4 is 0 Å². The van der Waals surface area contributed by atoms with Gasteiger partial charge >= 0.3 is 0 Å². The van der Waals surface area contributed by atoms with Crippen LogP contribution in [0.4, 0.5) is 4.39 Å². The van der Waals surface area contributed by atoms with Gasteiger partial charge in [-0.25, -0.2) is 4.39 Å². The molecule has 2 atom stereocenters. The van der Waals surface area contributed by atoms with Crippen LogP contribution in [-0.2, 0) is 6.42 Å². The molecule has 0 aromatic heterocycles. The summed E-state index contributed by atoms with van der Waals surface area (Å²) in [4.78, 5) is 0. The van der Waals surface area contributed by atoms with Crippen LogP contribution in [0.1, 0.15) is 36.5 Å². The average Bonchev–Trinajstić information content (AvgIpc) is 2.49. The second kappa shape index (κ2) is 7.37. The molecular formula is C19H24FN. The monoisotopic (exact) mass is 285 g/mol. The predicted octanol–water partition coefficient (Wildman–Crippen LogP) is 4.46. The third kappa shape index (κ3) is 4.15. The summed E-state index contributed by atoms with van der Waals surface area (Å²) in [5.41, 5.74) is 3.58. The largest absolute Gasteiger partial charge is 0.313 e. The Morgan fingerprint density at radius 3 is 2.43 bits per heavy atom. The lowest BCUT2D eigenvalue weighted by molar-refractivity contribution is 0.457. The molecule has 2 heteroatoms. The van der Waals surface area contributed by atoms with Gasteiger partial charge in [0, 0.05) is 6.04 Å². The molecule has 0 spiro atoms. The van der Waals surface area contributed by atoms with E-state index in [4.69, 9.17) is 0 Å². The van der Waals surface area contributed by atoms with Crippen LogP contribution in [0, 0.1) is 12.7 Å². The Morgan fingerprint density at radius 1 is 1.10 bits per heavy atom. The highest BCUT2D eigenvalue weighted by Gasteiger charge is 2.19. The summed E-state index contributed by atoms with van der Waals surface area (Å²) in [5.74, 6) is 0.253. The van der Waals surface area contributed by atoms with Crippen LogP contribution in [0.2, 0.25) is 0 Å². The van der Waals surface area contributed by atoms with Gasteiger partial charge in [0.15, 0.2) is 0 Å². The molecule has 0 aliphatic heterocycles. The summed E-state index contributed by atoms with van der Waals surface area (Å²) in [5, 5.41) is 3.58. The van der Waals surface area contributed by atoms with Gasteiger partial charge in [-0.3, -0.25) is 0 Å². The molecule has 0 amide bonds. The van der Waals surface area contributed by atoms with Crippen molar-refractivity contribution in [2.45, 2.75) is 39.2 Å². The number of benzene rings is 2. The first-order valence-electron chi connectivity index (χ1n) is 7.65. The van der Waals surface area contributed by atoms with E-state index in [0.717, 1.165) is 18.5 Å². The first-order chi connectivity index (χ1) is 10.1. The standard InChI is InChI=1S/C19H24FN/c1-4-21-19(15(3)16-8-6-5-7-9-16)13-17-10-11-18(20)12-14(17)2/h5-12,15,19,21H,4,13H2,1-3H3. The van der Waals surface area contributed by atoms with Crippen LogP contribution >= 0.6 is 0 Å². The Bertz CT molecular complexity index is 565. The lowest BCUT2D eigenvalue weighted by atomic mass is 9.88. The number of hydrogen-bond donors (Lipinski definition) is 1. The van der Waals surface area contributed by atoms with Crippen molar-refractivity contribution in [1.82, 2.24) is 5.32 Å². The number of rotatable bonds is 6. The van der Waals surface area contributed by atoms with Gasteiger partial charge in [0.2, 0.25) is 0 Å². The molecule has 0 aliphatic rings. The highest BCUT2D eigenvalue weighted by atomic mass is 19.1. The predicted molar refractivity (Wildman–Crippen MR) is 87.2 cm³/mol. The minimum absolute atomic E-state index is 0.160. The molecular weight excluding hydrogens is 261 g/mol. The molecule has 0 saturated heterocycles. The van der Waals surface area contributed by atoms with E-state index < -0.39 is 0 Å². The molecule has 112 valence electrons. The van der Waals surface area contributed by atoms with Crippen molar-refractivity contribution in [3.63, 3.8) is 0 Å². The zero-order valence-corrected chi connectivity index (χ0v) is 13.1. The van der Waals surface area contributed by atoms with Crippen LogP contribution in [-0.4, -0.2) is 12.6 Å². The van der Waals surface area contributed by atoms with Crippen LogP contribution < -0.4 is 5.32 Å². The minimum Gasteiger partial charge on any atom is -0.313 e. The van der Waals surface area contributed by atoms with Gasteiger partial charge < -0.3 is 5.32 Å². The van der Waals surface area contributed by atoms with E-state index in [1.165, 1.54) is 11.1 Å². The maximum atomic E-state index is 13.2. The highest BCUT2D eigenvalue weighted by molar-refractivity contribution is 5.29. The fourth-order valence-electron chi connectivity index (χ4n) is 2.80. The molecule has 21 heavy (non-hydrogen) atoms. The summed E-state index contributed by atoms with van der Waals surface area (Å²) in [6.07, 6.45) is 0.913. The van der Waals surface area contributed by atoms with Gasteiger partial charge in [-0.05, 0) is 54.6 Å². The Labute approximate surface area is 127 Å². The summed E-state index contributed by atoms with van der Waals surface area (Å²) >= 11 is 0. The molecule has 2 rings (SSSR count). The fourth-order valence-corrected chi connectivity index (χ4v) is 2.80. The molecule has 0 saturated carbocycles. The van der Waals surface area contributed by atoms with Crippen molar-refractivity contribution in [2.24, 2.45) is 0 Å². The number of hydrogen-bond acceptors (Lipinski definition) is 1. The Morgan fingerprint density at radius 2 is 1.81 bits per heavy atom. The van der Waals surface area contributed by atoms with Gasteiger partial charge in [0.25, 0.3) is 0 Å². The molecule has 0 heterocycles. The maximum Gasteiger partial charge on any atom is 0.123 e. The smallest absolute Gasteiger partial charge is 0.123 e. The van der Waals surface area contributed by atoms with E-state index in [-0.39, 0.29) is 5.82 Å². The number of likely N-dealkylation sites (N-methyl/N-ethyl adjacent to an activating group) is 1. The Balaban J connectivity index is 2.19. The van der Waals surface area contributed by atoms with Gasteiger partial charge in [0.05, 0.1) is 0 Å². The molecule has 2 aromatic rings. The van der Waals surface area contributed by atoms with E-state index in [9.17, 15) is 4.39 Å². The number of aryl methyl sites for hydroxylation is 1. The molecule has 0 bridgehead atoms. The minimum atomic E-state index is -0.160. The number of nitrogens with one attached hydrogen (secondary N) is 1. The van der Waals surface area contributed by atoms with Crippen LogP contribution in [0.15, 0.2) is 48.5 Å². The number of halogens is 1. The van der Waals surface area contributed by atoms with Crippen LogP contribution in [0.3, 0.4) is 0 Å². The second-order valence-corrected chi connectivity index (χ2v) is 5.64. The van der Waals surface area contributed by atoms with E-state index in [1.807, 2.05) is 19.1 Å². The topological polar surface area (TPSA) is 12.0 Å². The lowest BCUT2D eigenvalue weighted by Crippen LogP contribution is -2.35. The highest BCUT2D eigenvalue weighted by Crippen LogP contribution is 2.23. The average molecular weight is 285 g/mol. The third-order valence-electron chi connectivity index (χ3n) is 4.14. The summed E-state index contributed by atoms with van der Waals surface area (Å²) in [6, 6.07) is 16.0. The molecule has 0 aliphatic carbocycles. The zero-order chi connectivity index (χ0) is 15.2. The van der Waals surface area contributed by atoms with E-state index in [0.29, 0.717) is 12.0 Å². The molecule has 0 radical (unpaired) electrons. The molecule has 1 N–H and O–H groups in total. The second-order valence-electron chi connectivity index (χ2n) is 5.64. The third-order valence-corrected chi connectivity index (χ3v) is 4.14.